The van der Waals surface area contributed by atoms with E-state index in [-0.39, 0.29) is 12.5 Å². The molecule has 0 saturated carbocycles. The minimum Gasteiger partial charge on any atom is -0.394 e. The highest BCUT2D eigenvalue weighted by Crippen LogP contribution is 2.30. The van der Waals surface area contributed by atoms with Crippen LogP contribution in [0.15, 0.2) is 48.5 Å². The van der Waals surface area contributed by atoms with Gasteiger partial charge in [0.1, 0.15) is 6.04 Å². The van der Waals surface area contributed by atoms with Gasteiger partial charge in [0.05, 0.1) is 25.9 Å². The Morgan fingerprint density at radius 2 is 1.68 bits per heavy atom. The van der Waals surface area contributed by atoms with Gasteiger partial charge in [-0.3, -0.25) is 14.4 Å². The maximum Gasteiger partial charge on any atom is 0.252 e. The lowest BCUT2D eigenvalue weighted by molar-refractivity contribution is -0.133. The zero-order chi connectivity index (χ0) is 24.9. The van der Waals surface area contributed by atoms with E-state index in [9.17, 15) is 24.6 Å². The normalized spacial score (nSPS) is 18.8. The Labute approximate surface area is 199 Å². The van der Waals surface area contributed by atoms with Crippen molar-refractivity contribution in [3.05, 3.63) is 59.7 Å². The van der Waals surface area contributed by atoms with Crippen molar-refractivity contribution in [1.82, 2.24) is 10.6 Å². The van der Waals surface area contributed by atoms with Crippen molar-refractivity contribution < 1.29 is 29.3 Å². The zero-order valence-electron chi connectivity index (χ0n) is 19.7. The SMILES string of the molecule is Cc1ccc(-c2ccccc2)cc1C(=O)N[C@@H](CO)C(=O)N[C@@H](CC(C)C)C(=O)C1(CO)CO1. The first-order valence-electron chi connectivity index (χ1n) is 11.4. The fourth-order valence-corrected chi connectivity index (χ4v) is 3.80. The third kappa shape index (κ3) is 5.88. The average molecular weight is 469 g/mol. The topological polar surface area (TPSA) is 128 Å². The summed E-state index contributed by atoms with van der Waals surface area (Å²) < 4.78 is 5.15. The second kappa shape index (κ2) is 10.9. The standard InChI is InChI=1S/C26H32N2O6/c1-16(2)11-21(23(31)26(14-30)15-34-26)27-25(33)22(13-29)28-24(32)20-12-19(10-9-17(20)3)18-7-5-4-6-8-18/h4-10,12,16,21-22,29-30H,11,13-15H2,1-3H3,(H,27,33)(H,28,32)/t21-,22-,26?/m0/s1. The molecule has 1 fully saturated rings. The number of aliphatic hydroxyl groups excluding tert-OH is 2. The first-order chi connectivity index (χ1) is 16.2. The number of epoxide rings is 1. The van der Waals surface area contributed by atoms with E-state index >= 15 is 0 Å². The molecule has 1 aliphatic rings. The molecular weight excluding hydrogens is 436 g/mol. The van der Waals surface area contributed by atoms with E-state index in [1.807, 2.05) is 56.3 Å². The number of nitrogens with one attached hydrogen (secondary N) is 2. The molecule has 34 heavy (non-hydrogen) atoms. The van der Waals surface area contributed by atoms with Gasteiger partial charge in [0.15, 0.2) is 11.4 Å². The number of Topliss-reactive ketones (excluding diaryl/α,β-unsaturated/α-hetero) is 1. The lowest BCUT2D eigenvalue weighted by Crippen LogP contribution is -2.55. The number of aryl methyl sites for hydroxylation is 1. The maximum absolute atomic E-state index is 13.0. The molecule has 2 aromatic carbocycles. The number of benzene rings is 2. The van der Waals surface area contributed by atoms with Crippen LogP contribution >= 0.6 is 0 Å². The first-order valence-corrected chi connectivity index (χ1v) is 11.4. The summed E-state index contributed by atoms with van der Waals surface area (Å²) in [6.07, 6.45) is 0.333. The summed E-state index contributed by atoms with van der Waals surface area (Å²) in [6.45, 7) is 4.59. The molecule has 0 aliphatic carbocycles. The van der Waals surface area contributed by atoms with Gasteiger partial charge >= 0.3 is 0 Å². The second-order valence-corrected chi connectivity index (χ2v) is 9.10. The van der Waals surface area contributed by atoms with E-state index in [4.69, 9.17) is 4.74 Å². The van der Waals surface area contributed by atoms with Crippen LogP contribution < -0.4 is 10.6 Å². The van der Waals surface area contributed by atoms with Crippen LogP contribution in [0.25, 0.3) is 11.1 Å². The molecule has 8 heteroatoms. The molecule has 0 spiro atoms. The summed E-state index contributed by atoms with van der Waals surface area (Å²) in [6, 6.07) is 12.9. The maximum atomic E-state index is 13.0. The minimum atomic E-state index is -1.28. The molecule has 1 aliphatic heterocycles. The highest BCUT2D eigenvalue weighted by Gasteiger charge is 2.54. The van der Waals surface area contributed by atoms with Crippen molar-refractivity contribution in [1.29, 1.82) is 0 Å². The van der Waals surface area contributed by atoms with Gasteiger partial charge in [0.25, 0.3) is 5.91 Å². The van der Waals surface area contributed by atoms with Crippen LogP contribution in [0.1, 0.15) is 36.2 Å². The zero-order valence-corrected chi connectivity index (χ0v) is 19.7. The summed E-state index contributed by atoms with van der Waals surface area (Å²) in [5.74, 6) is -1.52. The molecule has 2 aromatic rings. The number of ether oxygens (including phenoxy) is 1. The summed E-state index contributed by atoms with van der Waals surface area (Å²) in [7, 11) is 0. The highest BCUT2D eigenvalue weighted by molar-refractivity contribution is 6.01. The molecule has 1 unspecified atom stereocenters. The van der Waals surface area contributed by atoms with Crippen LogP contribution in [0, 0.1) is 12.8 Å². The molecule has 3 atom stereocenters. The van der Waals surface area contributed by atoms with Crippen molar-refractivity contribution in [2.24, 2.45) is 5.92 Å². The van der Waals surface area contributed by atoms with Gasteiger partial charge in [-0.2, -0.15) is 0 Å². The van der Waals surface area contributed by atoms with Crippen LogP contribution in [0.3, 0.4) is 0 Å². The van der Waals surface area contributed by atoms with E-state index in [1.54, 1.807) is 13.0 Å². The molecule has 1 saturated heterocycles. The molecule has 182 valence electrons. The Kier molecular flexibility index (Phi) is 8.19. The number of carbonyl (C=O) groups is 3. The van der Waals surface area contributed by atoms with Gasteiger partial charge in [0, 0.05) is 5.56 Å². The Morgan fingerprint density at radius 3 is 2.24 bits per heavy atom. The van der Waals surface area contributed by atoms with Crippen LogP contribution in [-0.2, 0) is 14.3 Å². The van der Waals surface area contributed by atoms with Gasteiger partial charge in [-0.1, -0.05) is 56.3 Å². The number of hydrogen-bond acceptors (Lipinski definition) is 6. The van der Waals surface area contributed by atoms with Crippen molar-refractivity contribution in [3.63, 3.8) is 0 Å². The van der Waals surface area contributed by atoms with Gasteiger partial charge in [-0.05, 0) is 42.0 Å². The summed E-state index contributed by atoms with van der Waals surface area (Å²) >= 11 is 0. The van der Waals surface area contributed by atoms with Crippen molar-refractivity contribution in [2.75, 3.05) is 19.8 Å². The smallest absolute Gasteiger partial charge is 0.252 e. The van der Waals surface area contributed by atoms with E-state index in [0.29, 0.717) is 12.0 Å². The Morgan fingerprint density at radius 1 is 1.00 bits per heavy atom. The number of rotatable bonds is 11. The summed E-state index contributed by atoms with van der Waals surface area (Å²) in [4.78, 5) is 38.8. The highest BCUT2D eigenvalue weighted by atomic mass is 16.6. The van der Waals surface area contributed by atoms with Crippen molar-refractivity contribution >= 4 is 17.6 Å². The summed E-state index contributed by atoms with van der Waals surface area (Å²) in [5, 5.41) is 24.5. The predicted octanol–water partition coefficient (Wildman–Crippen LogP) is 1.61. The van der Waals surface area contributed by atoms with E-state index in [1.165, 1.54) is 0 Å². The largest absolute Gasteiger partial charge is 0.394 e. The average Bonchev–Trinajstić information content (AvgIpc) is 3.63. The molecule has 3 rings (SSSR count). The van der Waals surface area contributed by atoms with Gasteiger partial charge in [0.2, 0.25) is 5.91 Å². The first kappa shape index (κ1) is 25.6. The van der Waals surface area contributed by atoms with Crippen LogP contribution in [0.4, 0.5) is 0 Å². The van der Waals surface area contributed by atoms with Crippen molar-refractivity contribution in [3.8, 4) is 11.1 Å². The Balaban J connectivity index is 1.74. The van der Waals surface area contributed by atoms with Crippen molar-refractivity contribution in [2.45, 2.75) is 44.9 Å². The molecule has 4 N–H and O–H groups in total. The minimum absolute atomic E-state index is 0.0780. The number of ketones is 1. The fraction of sp³-hybridized carbons (Fsp3) is 0.423. The molecule has 2 amide bonds. The molecule has 0 bridgehead atoms. The van der Waals surface area contributed by atoms with E-state index < -0.39 is 48.5 Å². The number of aliphatic hydroxyl groups is 2. The third-order valence-electron chi connectivity index (χ3n) is 5.93. The Bertz CT molecular complexity index is 1030. The van der Waals surface area contributed by atoms with Gasteiger partial charge < -0.3 is 25.6 Å². The second-order valence-electron chi connectivity index (χ2n) is 9.10. The fourth-order valence-electron chi connectivity index (χ4n) is 3.80. The number of hydrogen-bond donors (Lipinski definition) is 4. The molecule has 0 aromatic heterocycles. The summed E-state index contributed by atoms with van der Waals surface area (Å²) in [5.41, 5.74) is 1.62. The lowest BCUT2D eigenvalue weighted by Gasteiger charge is -2.25. The van der Waals surface area contributed by atoms with Gasteiger partial charge in [-0.15, -0.1) is 0 Å². The number of amides is 2. The van der Waals surface area contributed by atoms with E-state index in [0.717, 1.165) is 16.7 Å². The molecule has 8 nitrogen and oxygen atoms in total. The lowest BCUT2D eigenvalue weighted by atomic mass is 9.92. The quantitative estimate of drug-likeness (QED) is 0.371. The number of carbonyl (C=O) groups excluding carboxylic acids is 3. The third-order valence-corrected chi connectivity index (χ3v) is 5.93. The van der Waals surface area contributed by atoms with Crippen LogP contribution in [-0.4, -0.2) is 65.3 Å². The predicted molar refractivity (Wildman–Crippen MR) is 127 cm³/mol. The van der Waals surface area contributed by atoms with Crippen LogP contribution in [0.5, 0.6) is 0 Å². The molecule has 1 heterocycles. The van der Waals surface area contributed by atoms with Crippen LogP contribution in [0.2, 0.25) is 0 Å². The molecule has 0 radical (unpaired) electrons. The van der Waals surface area contributed by atoms with E-state index in [2.05, 4.69) is 10.6 Å². The monoisotopic (exact) mass is 468 g/mol. The Hall–Kier alpha value is -3.07. The van der Waals surface area contributed by atoms with Gasteiger partial charge in [-0.25, -0.2) is 0 Å². The molecular formula is C26H32N2O6.